The molecule has 0 aliphatic rings. The minimum absolute atomic E-state index is 0.216. The number of rotatable bonds is 4. The molecule has 0 aliphatic heterocycles. The normalized spacial score (nSPS) is 13.2. The lowest BCUT2D eigenvalue weighted by molar-refractivity contribution is 0.189. The lowest BCUT2D eigenvalue weighted by Gasteiger charge is -2.23. The predicted molar refractivity (Wildman–Crippen MR) is 54.6 cm³/mol. The molecule has 1 aromatic carbocycles. The Morgan fingerprint density at radius 3 is 2.46 bits per heavy atom. The van der Waals surface area contributed by atoms with Gasteiger partial charge in [-0.2, -0.15) is 0 Å². The fourth-order valence-corrected chi connectivity index (χ4v) is 1.34. The Bertz CT molecular complexity index is 235. The van der Waals surface area contributed by atoms with Crippen LogP contribution in [0.1, 0.15) is 18.5 Å². The highest BCUT2D eigenvalue weighted by molar-refractivity contribution is 5.18. The van der Waals surface area contributed by atoms with Crippen molar-refractivity contribution >= 4 is 0 Å². The van der Waals surface area contributed by atoms with Gasteiger partial charge in [0.25, 0.3) is 0 Å². The van der Waals surface area contributed by atoms with E-state index >= 15 is 0 Å². The first-order valence-electron chi connectivity index (χ1n) is 4.61. The third kappa shape index (κ3) is 2.83. The summed E-state index contributed by atoms with van der Waals surface area (Å²) in [6, 6.07) is 10.7. The molecule has 0 amide bonds. The van der Waals surface area contributed by atoms with Crippen molar-refractivity contribution in [2.45, 2.75) is 13.0 Å². The molecule has 1 atom stereocenters. The van der Waals surface area contributed by atoms with Gasteiger partial charge in [0.05, 0.1) is 6.61 Å². The third-order valence-electron chi connectivity index (χ3n) is 2.40. The van der Waals surface area contributed by atoms with E-state index in [4.69, 9.17) is 5.11 Å². The Morgan fingerprint density at radius 2 is 1.92 bits per heavy atom. The third-order valence-corrected chi connectivity index (χ3v) is 2.40. The van der Waals surface area contributed by atoms with E-state index in [9.17, 15) is 0 Å². The summed E-state index contributed by atoms with van der Waals surface area (Å²) in [6.45, 7) is 3.08. The first-order chi connectivity index (χ1) is 6.25. The maximum atomic E-state index is 8.79. The maximum Gasteiger partial charge on any atom is 0.0558 e. The van der Waals surface area contributed by atoms with Crippen molar-refractivity contribution in [3.05, 3.63) is 35.9 Å². The van der Waals surface area contributed by atoms with E-state index < -0.39 is 0 Å². The van der Waals surface area contributed by atoms with Crippen LogP contribution in [0.3, 0.4) is 0 Å². The van der Waals surface area contributed by atoms with E-state index in [1.165, 1.54) is 5.56 Å². The van der Waals surface area contributed by atoms with E-state index in [2.05, 4.69) is 24.0 Å². The van der Waals surface area contributed by atoms with Gasteiger partial charge in [0.2, 0.25) is 0 Å². The van der Waals surface area contributed by atoms with Gasteiger partial charge in [-0.25, -0.2) is 0 Å². The van der Waals surface area contributed by atoms with Crippen LogP contribution in [-0.4, -0.2) is 30.2 Å². The molecule has 13 heavy (non-hydrogen) atoms. The van der Waals surface area contributed by atoms with Gasteiger partial charge >= 0.3 is 0 Å². The SMILES string of the molecule is CC(c1ccccc1)N(C)CCO. The number of hydrogen-bond donors (Lipinski definition) is 1. The Balaban J connectivity index is 2.62. The van der Waals surface area contributed by atoms with Gasteiger partial charge in [0.1, 0.15) is 0 Å². The smallest absolute Gasteiger partial charge is 0.0558 e. The van der Waals surface area contributed by atoms with Crippen molar-refractivity contribution in [3.8, 4) is 0 Å². The molecule has 0 radical (unpaired) electrons. The van der Waals surface area contributed by atoms with Gasteiger partial charge in [0, 0.05) is 12.6 Å². The summed E-state index contributed by atoms with van der Waals surface area (Å²) in [6.07, 6.45) is 0. The van der Waals surface area contributed by atoms with Crippen molar-refractivity contribution in [3.63, 3.8) is 0 Å². The summed E-state index contributed by atoms with van der Waals surface area (Å²) in [5.74, 6) is 0. The molecule has 0 heterocycles. The van der Waals surface area contributed by atoms with Crippen molar-refractivity contribution < 1.29 is 5.11 Å². The predicted octanol–water partition coefficient (Wildman–Crippen LogP) is 1.67. The highest BCUT2D eigenvalue weighted by atomic mass is 16.3. The van der Waals surface area contributed by atoms with Crippen LogP contribution in [0.5, 0.6) is 0 Å². The number of benzene rings is 1. The lowest BCUT2D eigenvalue weighted by atomic mass is 10.1. The average Bonchev–Trinajstić information content (AvgIpc) is 2.18. The number of nitrogens with zero attached hydrogens (tertiary/aromatic N) is 1. The fourth-order valence-electron chi connectivity index (χ4n) is 1.34. The number of aliphatic hydroxyl groups is 1. The zero-order chi connectivity index (χ0) is 9.68. The molecule has 0 fully saturated rings. The molecule has 0 aromatic heterocycles. The first-order valence-corrected chi connectivity index (χ1v) is 4.61. The van der Waals surface area contributed by atoms with Crippen LogP contribution in [0.15, 0.2) is 30.3 Å². The standard InChI is InChI=1S/C11H17NO/c1-10(12(2)8-9-13)11-6-4-3-5-7-11/h3-7,10,13H,8-9H2,1-2H3. The fraction of sp³-hybridized carbons (Fsp3) is 0.455. The molecular formula is C11H17NO. The zero-order valence-electron chi connectivity index (χ0n) is 8.27. The Morgan fingerprint density at radius 1 is 1.31 bits per heavy atom. The highest BCUT2D eigenvalue weighted by Crippen LogP contribution is 2.16. The number of likely N-dealkylation sites (N-methyl/N-ethyl adjacent to an activating group) is 1. The lowest BCUT2D eigenvalue weighted by Crippen LogP contribution is -2.25. The topological polar surface area (TPSA) is 23.5 Å². The summed E-state index contributed by atoms with van der Waals surface area (Å²) in [4.78, 5) is 2.13. The van der Waals surface area contributed by atoms with Crippen molar-refractivity contribution in [2.24, 2.45) is 0 Å². The summed E-state index contributed by atoms with van der Waals surface area (Å²) in [5, 5.41) is 8.79. The Labute approximate surface area is 79.8 Å². The summed E-state index contributed by atoms with van der Waals surface area (Å²) < 4.78 is 0. The van der Waals surface area contributed by atoms with Gasteiger partial charge in [-0.05, 0) is 19.5 Å². The van der Waals surface area contributed by atoms with Crippen molar-refractivity contribution in [2.75, 3.05) is 20.2 Å². The highest BCUT2D eigenvalue weighted by Gasteiger charge is 2.09. The molecule has 0 saturated heterocycles. The molecule has 1 rings (SSSR count). The van der Waals surface area contributed by atoms with E-state index in [-0.39, 0.29) is 6.61 Å². The van der Waals surface area contributed by atoms with Crippen molar-refractivity contribution in [1.82, 2.24) is 4.90 Å². The maximum absolute atomic E-state index is 8.79. The van der Waals surface area contributed by atoms with Crippen LogP contribution in [0.2, 0.25) is 0 Å². The average molecular weight is 179 g/mol. The van der Waals surface area contributed by atoms with E-state index in [0.29, 0.717) is 6.04 Å². The molecule has 2 heteroatoms. The van der Waals surface area contributed by atoms with Gasteiger partial charge in [-0.15, -0.1) is 0 Å². The van der Waals surface area contributed by atoms with Crippen LogP contribution >= 0.6 is 0 Å². The van der Waals surface area contributed by atoms with E-state index in [0.717, 1.165) is 6.54 Å². The number of hydrogen-bond acceptors (Lipinski definition) is 2. The van der Waals surface area contributed by atoms with Gasteiger partial charge in [-0.1, -0.05) is 30.3 Å². The minimum atomic E-state index is 0.216. The Hall–Kier alpha value is -0.860. The minimum Gasteiger partial charge on any atom is -0.395 e. The molecule has 0 saturated carbocycles. The summed E-state index contributed by atoms with van der Waals surface area (Å²) in [7, 11) is 2.02. The molecule has 2 nitrogen and oxygen atoms in total. The van der Waals surface area contributed by atoms with Crippen LogP contribution in [-0.2, 0) is 0 Å². The second-order valence-electron chi connectivity index (χ2n) is 3.29. The Kier molecular flexibility index (Phi) is 3.93. The molecule has 72 valence electrons. The quantitative estimate of drug-likeness (QED) is 0.760. The molecular weight excluding hydrogens is 162 g/mol. The number of aliphatic hydroxyl groups excluding tert-OH is 1. The second kappa shape index (κ2) is 5.00. The molecule has 1 unspecified atom stereocenters. The summed E-state index contributed by atoms with van der Waals surface area (Å²) >= 11 is 0. The molecule has 1 N–H and O–H groups in total. The van der Waals surface area contributed by atoms with Crippen LogP contribution in [0, 0.1) is 0 Å². The van der Waals surface area contributed by atoms with Gasteiger partial charge in [-0.3, -0.25) is 4.90 Å². The van der Waals surface area contributed by atoms with Crippen LogP contribution in [0.4, 0.5) is 0 Å². The molecule has 1 aromatic rings. The first kappa shape index (κ1) is 10.2. The van der Waals surface area contributed by atoms with Gasteiger partial charge < -0.3 is 5.11 Å². The van der Waals surface area contributed by atoms with Crippen molar-refractivity contribution in [1.29, 1.82) is 0 Å². The monoisotopic (exact) mass is 179 g/mol. The second-order valence-corrected chi connectivity index (χ2v) is 3.29. The van der Waals surface area contributed by atoms with E-state index in [1.54, 1.807) is 0 Å². The summed E-state index contributed by atoms with van der Waals surface area (Å²) in [5.41, 5.74) is 1.29. The van der Waals surface area contributed by atoms with Crippen LogP contribution in [0.25, 0.3) is 0 Å². The molecule has 0 spiro atoms. The zero-order valence-corrected chi connectivity index (χ0v) is 8.27. The largest absolute Gasteiger partial charge is 0.395 e. The van der Waals surface area contributed by atoms with Gasteiger partial charge in [0.15, 0.2) is 0 Å². The molecule has 0 aliphatic carbocycles. The van der Waals surface area contributed by atoms with E-state index in [1.807, 2.05) is 25.2 Å². The molecule has 0 bridgehead atoms. The van der Waals surface area contributed by atoms with Crippen LogP contribution < -0.4 is 0 Å².